The molecule has 0 saturated carbocycles. The minimum Gasteiger partial charge on any atom is -0.505 e. The molecule has 0 fully saturated rings. The Hall–Kier alpha value is -2.10. The highest BCUT2D eigenvalue weighted by Crippen LogP contribution is 2.29. The number of Topliss-reactive ketones (excluding diaryl/α,β-unsaturated/α-hetero) is 2. The Morgan fingerprint density at radius 1 is 1.04 bits per heavy atom. The van der Waals surface area contributed by atoms with Gasteiger partial charge in [-0.1, -0.05) is 43.1 Å². The van der Waals surface area contributed by atoms with E-state index in [1.165, 1.54) is 5.57 Å². The van der Waals surface area contributed by atoms with E-state index in [4.69, 9.17) is 0 Å². The first-order valence-corrected chi connectivity index (χ1v) is 10.5. The van der Waals surface area contributed by atoms with Gasteiger partial charge in [0.15, 0.2) is 0 Å². The molecule has 0 heterocycles. The van der Waals surface area contributed by atoms with E-state index in [1.54, 1.807) is 0 Å². The normalized spacial score (nSPS) is 15.6. The summed E-state index contributed by atoms with van der Waals surface area (Å²) in [7, 11) is 0. The lowest BCUT2D eigenvalue weighted by atomic mass is 9.86. The van der Waals surface area contributed by atoms with Gasteiger partial charge in [0.1, 0.15) is 5.76 Å². The zero-order chi connectivity index (χ0) is 21.3. The first kappa shape index (κ1) is 23.9. The number of carbonyl (C=O) groups excluding carboxylic acids is 2. The van der Waals surface area contributed by atoms with Crippen LogP contribution in [0.25, 0.3) is 0 Å². The molecule has 0 unspecified atom stereocenters. The summed E-state index contributed by atoms with van der Waals surface area (Å²) < 4.78 is 0. The Bertz CT molecular complexity index is 701. The van der Waals surface area contributed by atoms with Crippen LogP contribution in [-0.4, -0.2) is 22.7 Å². The van der Waals surface area contributed by atoms with Gasteiger partial charge in [0.2, 0.25) is 11.6 Å². The van der Waals surface area contributed by atoms with Crippen LogP contribution in [0.5, 0.6) is 0 Å². The van der Waals surface area contributed by atoms with Crippen LogP contribution in [0.4, 0.5) is 0 Å². The molecule has 1 rings (SSSR count). The molecule has 0 aromatic heterocycles. The van der Waals surface area contributed by atoms with Crippen molar-refractivity contribution in [3.8, 4) is 0 Å². The summed E-state index contributed by atoms with van der Waals surface area (Å²) in [6.07, 6.45) is 9.63. The summed E-state index contributed by atoms with van der Waals surface area (Å²) in [6.45, 7) is 12.2. The molecule has 4 heteroatoms. The summed E-state index contributed by atoms with van der Waals surface area (Å²) in [6, 6.07) is 0.0573. The highest BCUT2D eigenvalue weighted by Gasteiger charge is 2.34. The van der Waals surface area contributed by atoms with Crippen LogP contribution in [0.1, 0.15) is 86.5 Å². The van der Waals surface area contributed by atoms with Gasteiger partial charge in [-0.25, -0.2) is 0 Å². The number of hydrogen-bond donors (Lipinski definition) is 2. The van der Waals surface area contributed by atoms with Gasteiger partial charge < -0.3 is 10.4 Å². The molecule has 0 amide bonds. The van der Waals surface area contributed by atoms with Crippen molar-refractivity contribution in [2.24, 2.45) is 0 Å². The van der Waals surface area contributed by atoms with Crippen molar-refractivity contribution < 1.29 is 14.7 Å². The minimum atomic E-state index is -0.563. The van der Waals surface area contributed by atoms with Gasteiger partial charge in [0.05, 0.1) is 11.3 Å². The van der Waals surface area contributed by atoms with Crippen molar-refractivity contribution in [3.63, 3.8) is 0 Å². The Morgan fingerprint density at radius 2 is 1.68 bits per heavy atom. The van der Waals surface area contributed by atoms with E-state index in [0.29, 0.717) is 17.7 Å². The fourth-order valence-electron chi connectivity index (χ4n) is 3.18. The molecule has 0 saturated heterocycles. The molecule has 0 spiro atoms. The third-order valence-electron chi connectivity index (χ3n) is 4.79. The number of ketones is 2. The third kappa shape index (κ3) is 7.14. The van der Waals surface area contributed by atoms with Crippen LogP contribution in [0.3, 0.4) is 0 Å². The third-order valence-corrected chi connectivity index (χ3v) is 4.79. The SMILES string of the molecule is CCCCCC1=C(NC(C)C)C(O)=C(CC=C(C)CCC=C(C)C)C(=O)C1=O. The molecule has 0 radical (unpaired) electrons. The molecule has 0 aliphatic heterocycles. The zero-order valence-electron chi connectivity index (χ0n) is 18.4. The van der Waals surface area contributed by atoms with E-state index < -0.39 is 11.6 Å². The van der Waals surface area contributed by atoms with Crippen LogP contribution in [0.15, 0.2) is 45.9 Å². The van der Waals surface area contributed by atoms with E-state index >= 15 is 0 Å². The Kier molecular flexibility index (Phi) is 9.98. The van der Waals surface area contributed by atoms with Crippen molar-refractivity contribution in [2.45, 2.75) is 92.5 Å². The second-order valence-electron chi connectivity index (χ2n) is 8.17. The summed E-state index contributed by atoms with van der Waals surface area (Å²) in [5.74, 6) is -1.09. The van der Waals surface area contributed by atoms with Crippen LogP contribution in [0.2, 0.25) is 0 Å². The number of allylic oxidation sites excluding steroid dienone is 6. The fourth-order valence-corrected chi connectivity index (χ4v) is 3.18. The quantitative estimate of drug-likeness (QED) is 0.201. The van der Waals surface area contributed by atoms with E-state index in [9.17, 15) is 14.7 Å². The first-order valence-electron chi connectivity index (χ1n) is 10.5. The van der Waals surface area contributed by atoms with Gasteiger partial charge in [-0.2, -0.15) is 0 Å². The number of nitrogens with one attached hydrogen (secondary N) is 1. The molecule has 0 aromatic carbocycles. The van der Waals surface area contributed by atoms with Crippen molar-refractivity contribution in [1.82, 2.24) is 5.32 Å². The molecule has 2 N–H and O–H groups in total. The predicted octanol–water partition coefficient (Wildman–Crippen LogP) is 5.87. The van der Waals surface area contributed by atoms with Gasteiger partial charge in [0.25, 0.3) is 0 Å². The molecule has 1 aliphatic carbocycles. The highest BCUT2D eigenvalue weighted by molar-refractivity contribution is 6.50. The van der Waals surface area contributed by atoms with Crippen molar-refractivity contribution >= 4 is 11.6 Å². The first-order chi connectivity index (χ1) is 13.2. The monoisotopic (exact) mass is 387 g/mol. The standard InChI is InChI=1S/C24H37NO3/c1-7-8-9-13-19-21(25-17(4)5)22(26)20(24(28)23(19)27)15-14-18(6)12-10-11-16(2)3/h11,14,17,25-26H,7-10,12-13,15H2,1-6H3. The molecule has 0 aromatic rings. The Morgan fingerprint density at radius 3 is 2.25 bits per heavy atom. The van der Waals surface area contributed by atoms with E-state index in [2.05, 4.69) is 32.2 Å². The van der Waals surface area contributed by atoms with Crippen LogP contribution in [0, 0.1) is 0 Å². The molecular formula is C24H37NO3. The van der Waals surface area contributed by atoms with Crippen LogP contribution in [-0.2, 0) is 9.59 Å². The number of unbranched alkanes of at least 4 members (excludes halogenated alkanes) is 2. The maximum atomic E-state index is 12.7. The highest BCUT2D eigenvalue weighted by atomic mass is 16.3. The summed E-state index contributed by atoms with van der Waals surface area (Å²) in [5, 5.41) is 14.0. The van der Waals surface area contributed by atoms with E-state index in [-0.39, 0.29) is 23.8 Å². The van der Waals surface area contributed by atoms with Crippen molar-refractivity contribution in [2.75, 3.05) is 0 Å². The molecule has 28 heavy (non-hydrogen) atoms. The van der Waals surface area contributed by atoms with Crippen LogP contribution >= 0.6 is 0 Å². The van der Waals surface area contributed by atoms with Crippen LogP contribution < -0.4 is 5.32 Å². The predicted molar refractivity (Wildman–Crippen MR) is 116 cm³/mol. The van der Waals surface area contributed by atoms with Crippen molar-refractivity contribution in [1.29, 1.82) is 0 Å². The average Bonchev–Trinajstić information content (AvgIpc) is 2.61. The fraction of sp³-hybridized carbons (Fsp3) is 0.583. The van der Waals surface area contributed by atoms with Gasteiger partial charge >= 0.3 is 0 Å². The number of hydrogen-bond acceptors (Lipinski definition) is 4. The molecule has 0 atom stereocenters. The summed E-state index contributed by atoms with van der Waals surface area (Å²) in [5.41, 5.74) is 3.51. The van der Waals surface area contributed by atoms with E-state index in [1.807, 2.05) is 26.8 Å². The second-order valence-corrected chi connectivity index (χ2v) is 8.17. The lowest BCUT2D eigenvalue weighted by Crippen LogP contribution is -2.34. The Labute approximate surface area is 170 Å². The smallest absolute Gasteiger partial charge is 0.233 e. The number of carbonyl (C=O) groups is 2. The van der Waals surface area contributed by atoms with Crippen molar-refractivity contribution in [3.05, 3.63) is 45.9 Å². The second kappa shape index (κ2) is 11.7. The van der Waals surface area contributed by atoms with Gasteiger partial charge in [-0.05, 0) is 66.7 Å². The molecular weight excluding hydrogens is 350 g/mol. The molecule has 4 nitrogen and oxygen atoms in total. The largest absolute Gasteiger partial charge is 0.505 e. The van der Waals surface area contributed by atoms with Gasteiger partial charge in [-0.15, -0.1) is 0 Å². The van der Waals surface area contributed by atoms with Gasteiger partial charge in [0, 0.05) is 11.6 Å². The zero-order valence-corrected chi connectivity index (χ0v) is 18.4. The summed E-state index contributed by atoms with van der Waals surface area (Å²) >= 11 is 0. The molecule has 1 aliphatic rings. The number of aliphatic hydroxyl groups excluding tert-OH is 1. The summed E-state index contributed by atoms with van der Waals surface area (Å²) in [4.78, 5) is 25.4. The average molecular weight is 388 g/mol. The lowest BCUT2D eigenvalue weighted by Gasteiger charge is -2.24. The van der Waals surface area contributed by atoms with E-state index in [0.717, 1.165) is 37.7 Å². The molecule has 156 valence electrons. The maximum Gasteiger partial charge on any atom is 0.233 e. The molecule has 0 bridgehead atoms. The van der Waals surface area contributed by atoms with Gasteiger partial charge in [-0.3, -0.25) is 9.59 Å². The lowest BCUT2D eigenvalue weighted by molar-refractivity contribution is -0.132. The maximum absolute atomic E-state index is 12.7. The topological polar surface area (TPSA) is 66.4 Å². The number of aliphatic hydroxyl groups is 1. The Balaban J connectivity index is 3.11. The minimum absolute atomic E-state index is 0.0573. The number of rotatable bonds is 11.